The van der Waals surface area contributed by atoms with E-state index in [9.17, 15) is 14.0 Å². The summed E-state index contributed by atoms with van der Waals surface area (Å²) in [7, 11) is 0. The maximum absolute atomic E-state index is 12.8. The van der Waals surface area contributed by atoms with E-state index >= 15 is 0 Å². The van der Waals surface area contributed by atoms with E-state index in [2.05, 4.69) is 20.2 Å². The number of fused-ring (bicyclic) bond motifs is 1. The number of ketones is 1. The molecular formula is C13H9FN4O2S. The Bertz CT molecular complexity index is 856. The fourth-order valence-electron chi connectivity index (χ4n) is 1.75. The molecule has 0 aliphatic rings. The van der Waals surface area contributed by atoms with Gasteiger partial charge in [-0.25, -0.2) is 9.37 Å². The van der Waals surface area contributed by atoms with Crippen LogP contribution >= 0.6 is 11.8 Å². The lowest BCUT2D eigenvalue weighted by Gasteiger charge is -2.01. The Kier molecular flexibility index (Phi) is 3.53. The van der Waals surface area contributed by atoms with Gasteiger partial charge in [0, 0.05) is 5.56 Å². The number of carbonyl (C=O) groups excluding carboxylic acids is 1. The van der Waals surface area contributed by atoms with Gasteiger partial charge in [-0.3, -0.25) is 14.7 Å². The molecule has 21 heavy (non-hydrogen) atoms. The van der Waals surface area contributed by atoms with Crippen molar-refractivity contribution in [3.05, 3.63) is 52.2 Å². The topological polar surface area (TPSA) is 91.5 Å². The predicted octanol–water partition coefficient (Wildman–Crippen LogP) is 1.76. The number of halogens is 1. The molecule has 0 atom stereocenters. The van der Waals surface area contributed by atoms with Crippen LogP contribution in [0, 0.1) is 5.82 Å². The lowest BCUT2D eigenvalue weighted by atomic mass is 10.1. The molecule has 0 aliphatic heterocycles. The van der Waals surface area contributed by atoms with E-state index in [-0.39, 0.29) is 17.1 Å². The molecule has 3 aromatic rings. The molecular weight excluding hydrogens is 295 g/mol. The molecule has 0 saturated carbocycles. The fraction of sp³-hybridized carbons (Fsp3) is 0.0769. The van der Waals surface area contributed by atoms with Crippen molar-refractivity contribution in [1.82, 2.24) is 20.2 Å². The van der Waals surface area contributed by atoms with Crippen LogP contribution in [0.1, 0.15) is 10.4 Å². The van der Waals surface area contributed by atoms with Crippen LogP contribution in [0.25, 0.3) is 11.0 Å². The minimum absolute atomic E-state index is 0.0915. The SMILES string of the molecule is O=C(CSc1nc2[nH]ncc2c(=O)[nH]1)c1ccc(F)cc1. The van der Waals surface area contributed by atoms with Gasteiger partial charge in [-0.2, -0.15) is 5.10 Å². The highest BCUT2D eigenvalue weighted by Crippen LogP contribution is 2.15. The van der Waals surface area contributed by atoms with E-state index in [0.29, 0.717) is 21.8 Å². The molecule has 0 bridgehead atoms. The average Bonchev–Trinajstić information content (AvgIpc) is 2.94. The fourth-order valence-corrected chi connectivity index (χ4v) is 2.50. The zero-order chi connectivity index (χ0) is 14.8. The summed E-state index contributed by atoms with van der Waals surface area (Å²) in [5.41, 5.74) is 0.467. The van der Waals surface area contributed by atoms with Crippen LogP contribution in [0.3, 0.4) is 0 Å². The van der Waals surface area contributed by atoms with Gasteiger partial charge in [0.2, 0.25) is 0 Å². The van der Waals surface area contributed by atoms with Gasteiger partial charge in [-0.15, -0.1) is 0 Å². The standard InChI is InChI=1S/C13H9FN4O2S/c14-8-3-1-7(2-4-8)10(19)6-21-13-16-11-9(5-15-18-11)12(20)17-13/h1-5H,6H2,(H2,15,16,17,18,20). The molecule has 6 nitrogen and oxygen atoms in total. The van der Waals surface area contributed by atoms with E-state index in [1.807, 2.05) is 0 Å². The largest absolute Gasteiger partial charge is 0.301 e. The second-order valence-corrected chi connectivity index (χ2v) is 5.19. The number of hydrogen-bond acceptors (Lipinski definition) is 5. The third kappa shape index (κ3) is 2.84. The first-order valence-electron chi connectivity index (χ1n) is 5.98. The minimum atomic E-state index is -0.394. The van der Waals surface area contributed by atoms with Gasteiger partial charge >= 0.3 is 0 Å². The number of nitrogens with one attached hydrogen (secondary N) is 2. The average molecular weight is 304 g/mol. The van der Waals surface area contributed by atoms with Gasteiger partial charge in [0.15, 0.2) is 16.6 Å². The molecule has 2 N–H and O–H groups in total. The molecule has 2 heterocycles. The van der Waals surface area contributed by atoms with Crippen molar-refractivity contribution in [1.29, 1.82) is 0 Å². The van der Waals surface area contributed by atoms with Crippen LogP contribution in [-0.2, 0) is 0 Å². The summed E-state index contributed by atoms with van der Waals surface area (Å²) in [6.45, 7) is 0. The Labute approximate surface area is 121 Å². The highest BCUT2D eigenvalue weighted by Gasteiger charge is 2.10. The summed E-state index contributed by atoms with van der Waals surface area (Å²) < 4.78 is 12.8. The Morgan fingerprint density at radius 3 is 2.81 bits per heavy atom. The first-order chi connectivity index (χ1) is 10.1. The second-order valence-electron chi connectivity index (χ2n) is 4.22. The first kappa shape index (κ1) is 13.5. The van der Waals surface area contributed by atoms with Gasteiger partial charge in [0.1, 0.15) is 11.2 Å². The van der Waals surface area contributed by atoms with Gasteiger partial charge in [-0.1, -0.05) is 11.8 Å². The van der Waals surface area contributed by atoms with E-state index < -0.39 is 5.82 Å². The van der Waals surface area contributed by atoms with Gasteiger partial charge in [0.25, 0.3) is 5.56 Å². The van der Waals surface area contributed by atoms with Crippen LogP contribution in [-0.4, -0.2) is 31.7 Å². The zero-order valence-electron chi connectivity index (χ0n) is 10.6. The Morgan fingerprint density at radius 2 is 2.05 bits per heavy atom. The number of rotatable bonds is 4. The maximum Gasteiger partial charge on any atom is 0.262 e. The highest BCUT2D eigenvalue weighted by molar-refractivity contribution is 7.99. The van der Waals surface area contributed by atoms with E-state index in [4.69, 9.17) is 0 Å². The van der Waals surface area contributed by atoms with Gasteiger partial charge in [-0.05, 0) is 24.3 Å². The third-order valence-corrected chi connectivity index (χ3v) is 3.68. The number of nitrogens with zero attached hydrogens (tertiary/aromatic N) is 2. The quantitative estimate of drug-likeness (QED) is 0.435. The lowest BCUT2D eigenvalue weighted by molar-refractivity contribution is 0.102. The number of hydrogen-bond donors (Lipinski definition) is 2. The van der Waals surface area contributed by atoms with Crippen LogP contribution in [0.4, 0.5) is 4.39 Å². The molecule has 0 aliphatic carbocycles. The second kappa shape index (κ2) is 5.49. The van der Waals surface area contributed by atoms with E-state index in [1.54, 1.807) is 0 Å². The zero-order valence-corrected chi connectivity index (χ0v) is 11.4. The number of benzene rings is 1. The molecule has 0 unspecified atom stereocenters. The molecule has 0 radical (unpaired) electrons. The third-order valence-electron chi connectivity index (χ3n) is 2.80. The predicted molar refractivity (Wildman–Crippen MR) is 76.0 cm³/mol. The number of aromatic amines is 2. The van der Waals surface area contributed by atoms with E-state index in [1.165, 1.54) is 30.5 Å². The number of aromatic nitrogens is 4. The van der Waals surface area contributed by atoms with Crippen LogP contribution in [0.15, 0.2) is 40.4 Å². The molecule has 0 amide bonds. The molecule has 0 saturated heterocycles. The highest BCUT2D eigenvalue weighted by atomic mass is 32.2. The Hall–Kier alpha value is -2.48. The molecule has 3 rings (SSSR count). The monoisotopic (exact) mass is 304 g/mol. The van der Waals surface area contributed by atoms with Gasteiger partial charge < -0.3 is 4.98 Å². The van der Waals surface area contributed by atoms with Gasteiger partial charge in [0.05, 0.1) is 11.9 Å². The molecule has 106 valence electrons. The summed E-state index contributed by atoms with van der Waals surface area (Å²) in [5, 5.41) is 7.03. The lowest BCUT2D eigenvalue weighted by Crippen LogP contribution is -2.09. The summed E-state index contributed by atoms with van der Waals surface area (Å²) in [5.74, 6) is -0.476. The van der Waals surface area contributed by atoms with Crippen molar-refractivity contribution >= 4 is 28.6 Å². The van der Waals surface area contributed by atoms with Crippen LogP contribution < -0.4 is 5.56 Å². The van der Waals surface area contributed by atoms with E-state index in [0.717, 1.165) is 11.8 Å². The number of thioether (sulfide) groups is 1. The Morgan fingerprint density at radius 1 is 1.29 bits per heavy atom. The normalized spacial score (nSPS) is 10.9. The molecule has 0 fully saturated rings. The van der Waals surface area contributed by atoms with Crippen molar-refractivity contribution in [2.45, 2.75) is 5.16 Å². The van der Waals surface area contributed by atoms with Crippen LogP contribution in [0.5, 0.6) is 0 Å². The summed E-state index contributed by atoms with van der Waals surface area (Å²) in [4.78, 5) is 30.4. The first-order valence-corrected chi connectivity index (χ1v) is 6.97. The summed E-state index contributed by atoms with van der Waals surface area (Å²) in [6.07, 6.45) is 1.39. The molecule has 8 heteroatoms. The minimum Gasteiger partial charge on any atom is -0.301 e. The smallest absolute Gasteiger partial charge is 0.262 e. The van der Waals surface area contributed by atoms with Crippen molar-refractivity contribution < 1.29 is 9.18 Å². The number of H-pyrrole nitrogens is 2. The maximum atomic E-state index is 12.8. The molecule has 0 spiro atoms. The van der Waals surface area contributed by atoms with Crippen LogP contribution in [0.2, 0.25) is 0 Å². The number of carbonyl (C=O) groups is 1. The van der Waals surface area contributed by atoms with Crippen molar-refractivity contribution in [2.75, 3.05) is 5.75 Å². The van der Waals surface area contributed by atoms with Crippen molar-refractivity contribution in [3.63, 3.8) is 0 Å². The molecule has 1 aromatic carbocycles. The Balaban J connectivity index is 1.75. The van der Waals surface area contributed by atoms with Crippen molar-refractivity contribution in [3.8, 4) is 0 Å². The summed E-state index contributed by atoms with van der Waals surface area (Å²) in [6, 6.07) is 5.31. The molecule has 2 aromatic heterocycles. The summed E-state index contributed by atoms with van der Waals surface area (Å²) >= 11 is 1.10. The van der Waals surface area contributed by atoms with Crippen molar-refractivity contribution in [2.24, 2.45) is 0 Å². The number of Topliss-reactive ketones (excluding diaryl/α,β-unsaturated/α-hetero) is 1.